The summed E-state index contributed by atoms with van der Waals surface area (Å²) in [7, 11) is 2.93. The molecule has 0 aromatic rings. The fourth-order valence-corrected chi connectivity index (χ4v) is 6.83. The van der Waals surface area contributed by atoms with E-state index in [1.54, 1.807) is 0 Å². The van der Waals surface area contributed by atoms with Crippen LogP contribution in [0.4, 0.5) is 0 Å². The van der Waals surface area contributed by atoms with E-state index in [2.05, 4.69) is 13.8 Å². The quantitative estimate of drug-likeness (QED) is 0.101. The normalized spacial score (nSPS) is 13.2. The SMILES string of the molecule is CCCCCCCCCCCC(SSC(CCCCCCCCCCC)C(N)=O)C(N)=O. The van der Waals surface area contributed by atoms with Gasteiger partial charge in [-0.25, -0.2) is 0 Å². The molecule has 0 saturated carbocycles. The molecule has 0 heterocycles. The molecule has 2 unspecified atom stereocenters. The maximum Gasteiger partial charge on any atom is 0.231 e. The highest BCUT2D eigenvalue weighted by molar-refractivity contribution is 8.77. The van der Waals surface area contributed by atoms with Gasteiger partial charge in [0.1, 0.15) is 0 Å². The van der Waals surface area contributed by atoms with Crippen LogP contribution in [0.15, 0.2) is 0 Å². The van der Waals surface area contributed by atoms with E-state index in [1.807, 2.05) is 0 Å². The van der Waals surface area contributed by atoms with Gasteiger partial charge in [0.15, 0.2) is 0 Å². The first kappa shape index (κ1) is 31.6. The third kappa shape index (κ3) is 20.3. The zero-order valence-electron chi connectivity index (χ0n) is 21.1. The smallest absolute Gasteiger partial charge is 0.231 e. The number of primary amides is 2. The van der Waals surface area contributed by atoms with Crippen LogP contribution in [0.1, 0.15) is 142 Å². The number of nitrogens with two attached hydrogens (primary N) is 2. The summed E-state index contributed by atoms with van der Waals surface area (Å²) in [5.74, 6) is -0.540. The van der Waals surface area contributed by atoms with Crippen molar-refractivity contribution in [2.75, 3.05) is 0 Å². The van der Waals surface area contributed by atoms with Crippen LogP contribution in [0.2, 0.25) is 0 Å². The summed E-state index contributed by atoms with van der Waals surface area (Å²) in [6.07, 6.45) is 24.3. The van der Waals surface area contributed by atoms with Gasteiger partial charge in [0.2, 0.25) is 11.8 Å². The molecule has 0 bridgehead atoms. The van der Waals surface area contributed by atoms with Crippen molar-refractivity contribution >= 4 is 33.4 Å². The molecule has 0 aromatic heterocycles. The molecule has 2 atom stereocenters. The van der Waals surface area contributed by atoms with Crippen LogP contribution >= 0.6 is 21.6 Å². The van der Waals surface area contributed by atoms with E-state index >= 15 is 0 Å². The largest absolute Gasteiger partial charge is 0.369 e. The maximum atomic E-state index is 11.8. The number of rotatable bonds is 25. The van der Waals surface area contributed by atoms with Crippen molar-refractivity contribution in [3.63, 3.8) is 0 Å². The van der Waals surface area contributed by atoms with E-state index in [-0.39, 0.29) is 22.3 Å². The minimum absolute atomic E-state index is 0.227. The van der Waals surface area contributed by atoms with Crippen LogP contribution in [0, 0.1) is 0 Å². The number of carbonyl (C=O) groups is 2. The number of hydrogen-bond donors (Lipinski definition) is 2. The third-order valence-electron chi connectivity index (χ3n) is 6.06. The minimum atomic E-state index is -0.270. The van der Waals surface area contributed by atoms with E-state index in [0.717, 1.165) is 38.5 Å². The van der Waals surface area contributed by atoms with Gasteiger partial charge < -0.3 is 11.5 Å². The molecule has 4 nitrogen and oxygen atoms in total. The van der Waals surface area contributed by atoms with Crippen LogP contribution in [-0.2, 0) is 9.59 Å². The van der Waals surface area contributed by atoms with E-state index < -0.39 is 0 Å². The van der Waals surface area contributed by atoms with Crippen LogP contribution in [0.5, 0.6) is 0 Å². The predicted octanol–water partition coefficient (Wildman–Crippen LogP) is 7.92. The molecule has 0 rings (SSSR count). The van der Waals surface area contributed by atoms with Gasteiger partial charge in [-0.2, -0.15) is 0 Å². The lowest BCUT2D eigenvalue weighted by atomic mass is 10.1. The fourth-order valence-electron chi connectivity index (χ4n) is 3.89. The molecule has 0 fully saturated rings. The van der Waals surface area contributed by atoms with E-state index in [1.165, 1.54) is 111 Å². The average molecular weight is 489 g/mol. The molecule has 0 aliphatic heterocycles. The maximum absolute atomic E-state index is 11.8. The molecule has 4 N–H and O–H groups in total. The summed E-state index contributed by atoms with van der Waals surface area (Å²) in [6, 6.07) is 0. The van der Waals surface area contributed by atoms with E-state index in [9.17, 15) is 9.59 Å². The summed E-state index contributed by atoms with van der Waals surface area (Å²) in [5, 5.41) is -0.455. The third-order valence-corrected chi connectivity index (χ3v) is 9.30. The second kappa shape index (κ2) is 23.8. The molecule has 2 amide bonds. The zero-order valence-corrected chi connectivity index (χ0v) is 22.7. The lowest BCUT2D eigenvalue weighted by Gasteiger charge is -2.16. The van der Waals surface area contributed by atoms with Crippen molar-refractivity contribution in [3.8, 4) is 0 Å². The molecular formula is C26H52N2O2S2. The monoisotopic (exact) mass is 488 g/mol. The van der Waals surface area contributed by atoms with Gasteiger partial charge in [-0.15, -0.1) is 0 Å². The highest BCUT2D eigenvalue weighted by Gasteiger charge is 2.22. The Morgan fingerprint density at radius 2 is 0.750 bits per heavy atom. The van der Waals surface area contributed by atoms with Gasteiger partial charge in [-0.3, -0.25) is 9.59 Å². The van der Waals surface area contributed by atoms with E-state index in [4.69, 9.17) is 11.5 Å². The van der Waals surface area contributed by atoms with Crippen molar-refractivity contribution in [2.24, 2.45) is 11.5 Å². The molecule has 0 aliphatic rings. The Balaban J connectivity index is 3.93. The lowest BCUT2D eigenvalue weighted by Crippen LogP contribution is -2.28. The second-order valence-corrected chi connectivity index (χ2v) is 11.9. The van der Waals surface area contributed by atoms with Gasteiger partial charge >= 0.3 is 0 Å². The zero-order chi connectivity index (χ0) is 23.9. The molecule has 6 heteroatoms. The Bertz CT molecular complexity index is 410. The Morgan fingerprint density at radius 1 is 0.500 bits per heavy atom. The van der Waals surface area contributed by atoms with Crippen LogP contribution < -0.4 is 11.5 Å². The summed E-state index contributed by atoms with van der Waals surface area (Å²) in [6.45, 7) is 4.49. The van der Waals surface area contributed by atoms with Crippen molar-refractivity contribution in [1.82, 2.24) is 0 Å². The number of unbranched alkanes of at least 4 members (excludes halogenated alkanes) is 16. The topological polar surface area (TPSA) is 86.2 Å². The van der Waals surface area contributed by atoms with Crippen LogP contribution in [0.3, 0.4) is 0 Å². The Hall–Kier alpha value is -0.360. The standard InChI is InChI=1S/C26H52N2O2S2/c1-3-5-7-9-11-13-15-17-19-21-23(25(27)29)31-32-24(26(28)30)22-20-18-16-14-12-10-8-6-4-2/h23-24H,3-22H2,1-2H3,(H2,27,29)(H2,28,30). The number of amides is 2. The minimum Gasteiger partial charge on any atom is -0.369 e. The molecule has 32 heavy (non-hydrogen) atoms. The van der Waals surface area contributed by atoms with Gasteiger partial charge in [0.05, 0.1) is 10.5 Å². The van der Waals surface area contributed by atoms with Crippen LogP contribution in [0.25, 0.3) is 0 Å². The summed E-state index contributed by atoms with van der Waals surface area (Å²) < 4.78 is 0. The van der Waals surface area contributed by atoms with Gasteiger partial charge in [-0.05, 0) is 12.8 Å². The Labute approximate surface area is 207 Å². The molecule has 0 aromatic carbocycles. The summed E-state index contributed by atoms with van der Waals surface area (Å²) >= 11 is 0. The van der Waals surface area contributed by atoms with Crippen molar-refractivity contribution in [1.29, 1.82) is 0 Å². The van der Waals surface area contributed by atoms with Crippen molar-refractivity contribution < 1.29 is 9.59 Å². The highest BCUT2D eigenvalue weighted by Crippen LogP contribution is 2.35. The number of carbonyl (C=O) groups excluding carboxylic acids is 2. The lowest BCUT2D eigenvalue weighted by molar-refractivity contribution is -0.118. The summed E-state index contributed by atoms with van der Waals surface area (Å²) in [4.78, 5) is 23.7. The van der Waals surface area contributed by atoms with Gasteiger partial charge in [0, 0.05) is 0 Å². The average Bonchev–Trinajstić information content (AvgIpc) is 2.76. The molecule has 0 radical (unpaired) electrons. The number of hydrogen-bond acceptors (Lipinski definition) is 4. The Kier molecular flexibility index (Phi) is 23.5. The highest BCUT2D eigenvalue weighted by atomic mass is 33.1. The predicted molar refractivity (Wildman–Crippen MR) is 145 cm³/mol. The Morgan fingerprint density at radius 3 is 1.00 bits per heavy atom. The first-order valence-electron chi connectivity index (χ1n) is 13.4. The molecular weight excluding hydrogens is 436 g/mol. The van der Waals surface area contributed by atoms with Gasteiger partial charge in [-0.1, -0.05) is 151 Å². The summed E-state index contributed by atoms with van der Waals surface area (Å²) in [5.41, 5.74) is 11.2. The molecule has 0 spiro atoms. The van der Waals surface area contributed by atoms with Gasteiger partial charge in [0.25, 0.3) is 0 Å². The molecule has 0 aliphatic carbocycles. The molecule has 0 saturated heterocycles. The van der Waals surface area contributed by atoms with Crippen molar-refractivity contribution in [3.05, 3.63) is 0 Å². The van der Waals surface area contributed by atoms with Crippen LogP contribution in [-0.4, -0.2) is 22.3 Å². The van der Waals surface area contributed by atoms with Crippen molar-refractivity contribution in [2.45, 2.75) is 153 Å². The first-order chi connectivity index (χ1) is 15.5. The second-order valence-electron chi connectivity index (χ2n) is 9.21. The van der Waals surface area contributed by atoms with E-state index in [0.29, 0.717) is 0 Å². The first-order valence-corrected chi connectivity index (χ1v) is 15.7. The fraction of sp³-hybridized carbons (Fsp3) is 0.923. The molecule has 190 valence electrons.